The number of aromatic nitrogens is 2. The zero-order valence-electron chi connectivity index (χ0n) is 8.05. The number of hydrogen-bond acceptors (Lipinski definition) is 5. The van der Waals surface area contributed by atoms with E-state index in [0.717, 1.165) is 0 Å². The number of amides is 1. The van der Waals surface area contributed by atoms with Crippen molar-refractivity contribution in [1.29, 1.82) is 0 Å². The number of hydrogen-bond donors (Lipinski definition) is 3. The third-order valence-electron chi connectivity index (χ3n) is 1.62. The van der Waals surface area contributed by atoms with Crippen molar-refractivity contribution in [3.05, 3.63) is 17.5 Å². The molecule has 0 aliphatic heterocycles. The molecule has 1 rings (SSSR count). The Morgan fingerprint density at radius 1 is 1.56 bits per heavy atom. The van der Waals surface area contributed by atoms with E-state index in [2.05, 4.69) is 15.3 Å². The third kappa shape index (κ3) is 3.79. The minimum Gasteiger partial charge on any atom is -0.481 e. The van der Waals surface area contributed by atoms with Crippen LogP contribution in [0.2, 0.25) is 5.15 Å². The van der Waals surface area contributed by atoms with Crippen LogP contribution in [0.25, 0.3) is 0 Å². The molecule has 8 heteroatoms. The minimum atomic E-state index is -1.15. The standard InChI is InChI=1S/C8H9ClN4O3/c9-5-2-6(12-3-11-5)13-8(16)4(10)1-7(14)15/h2-4H,1,10H2,(H,14,15)(H,11,12,13,16). The van der Waals surface area contributed by atoms with E-state index >= 15 is 0 Å². The van der Waals surface area contributed by atoms with Crippen LogP contribution in [0.15, 0.2) is 12.4 Å². The summed E-state index contributed by atoms with van der Waals surface area (Å²) in [7, 11) is 0. The molecule has 4 N–H and O–H groups in total. The number of nitrogens with one attached hydrogen (secondary N) is 1. The summed E-state index contributed by atoms with van der Waals surface area (Å²) in [6, 6.07) is 0.193. The first-order valence-electron chi connectivity index (χ1n) is 4.25. The van der Waals surface area contributed by atoms with Gasteiger partial charge in [0.2, 0.25) is 5.91 Å². The van der Waals surface area contributed by atoms with Gasteiger partial charge in [-0.15, -0.1) is 0 Å². The average Bonchev–Trinajstić information content (AvgIpc) is 2.16. The molecule has 1 aromatic heterocycles. The zero-order valence-corrected chi connectivity index (χ0v) is 8.81. The van der Waals surface area contributed by atoms with Crippen LogP contribution >= 0.6 is 11.6 Å². The van der Waals surface area contributed by atoms with E-state index < -0.39 is 24.3 Å². The monoisotopic (exact) mass is 244 g/mol. The normalized spacial score (nSPS) is 11.9. The highest BCUT2D eigenvalue weighted by Crippen LogP contribution is 2.08. The maximum Gasteiger partial charge on any atom is 0.305 e. The van der Waals surface area contributed by atoms with Gasteiger partial charge in [-0.25, -0.2) is 9.97 Å². The summed E-state index contributed by atoms with van der Waals surface area (Å²) in [4.78, 5) is 29.0. The summed E-state index contributed by atoms with van der Waals surface area (Å²) in [5.41, 5.74) is 5.33. The summed E-state index contributed by atoms with van der Waals surface area (Å²) in [5, 5.41) is 10.9. The number of rotatable bonds is 4. The van der Waals surface area contributed by atoms with Gasteiger partial charge in [0.05, 0.1) is 12.5 Å². The van der Waals surface area contributed by atoms with Gasteiger partial charge in [-0.05, 0) is 0 Å². The second kappa shape index (κ2) is 5.38. The van der Waals surface area contributed by atoms with Crippen molar-refractivity contribution in [2.75, 3.05) is 5.32 Å². The number of nitrogens with zero attached hydrogens (tertiary/aromatic N) is 2. The molecule has 0 aliphatic carbocycles. The molecule has 1 unspecified atom stereocenters. The number of carboxylic acids is 1. The number of carbonyl (C=O) groups is 2. The molecule has 0 saturated heterocycles. The molecule has 0 saturated carbocycles. The molecular weight excluding hydrogens is 236 g/mol. The Bertz CT molecular complexity index is 412. The summed E-state index contributed by atoms with van der Waals surface area (Å²) in [6.07, 6.45) is 0.714. The van der Waals surface area contributed by atoms with Crippen LogP contribution in [0, 0.1) is 0 Å². The quantitative estimate of drug-likeness (QED) is 0.635. The summed E-state index contributed by atoms with van der Waals surface area (Å²) < 4.78 is 0. The van der Waals surface area contributed by atoms with Crippen LogP contribution in [0.1, 0.15) is 6.42 Å². The first-order chi connectivity index (χ1) is 7.49. The molecule has 1 heterocycles. The SMILES string of the molecule is NC(CC(=O)O)C(=O)Nc1cc(Cl)ncn1. The molecule has 1 aromatic rings. The molecule has 86 valence electrons. The lowest BCUT2D eigenvalue weighted by molar-refractivity contribution is -0.138. The van der Waals surface area contributed by atoms with Gasteiger partial charge in [0.25, 0.3) is 0 Å². The van der Waals surface area contributed by atoms with Crippen molar-refractivity contribution in [3.63, 3.8) is 0 Å². The molecule has 0 bridgehead atoms. The lowest BCUT2D eigenvalue weighted by Gasteiger charge is -2.09. The molecule has 1 atom stereocenters. The fraction of sp³-hybridized carbons (Fsp3) is 0.250. The number of halogens is 1. The van der Waals surface area contributed by atoms with Gasteiger partial charge in [-0.3, -0.25) is 9.59 Å². The Balaban J connectivity index is 2.60. The zero-order chi connectivity index (χ0) is 12.1. The molecule has 0 radical (unpaired) electrons. The van der Waals surface area contributed by atoms with Crippen molar-refractivity contribution < 1.29 is 14.7 Å². The van der Waals surface area contributed by atoms with Crippen LogP contribution < -0.4 is 11.1 Å². The maximum absolute atomic E-state index is 11.4. The Kier molecular flexibility index (Phi) is 4.15. The molecule has 7 nitrogen and oxygen atoms in total. The lowest BCUT2D eigenvalue weighted by atomic mass is 10.2. The minimum absolute atomic E-state index is 0.164. The highest BCUT2D eigenvalue weighted by atomic mass is 35.5. The highest BCUT2D eigenvalue weighted by molar-refractivity contribution is 6.29. The van der Waals surface area contributed by atoms with E-state index in [1.165, 1.54) is 12.4 Å². The summed E-state index contributed by atoms with van der Waals surface area (Å²) >= 11 is 5.56. The average molecular weight is 245 g/mol. The second-order valence-electron chi connectivity index (χ2n) is 2.92. The van der Waals surface area contributed by atoms with Crippen molar-refractivity contribution in [1.82, 2.24) is 9.97 Å². The van der Waals surface area contributed by atoms with E-state index in [4.69, 9.17) is 22.4 Å². The number of carbonyl (C=O) groups excluding carboxylic acids is 1. The van der Waals surface area contributed by atoms with Gasteiger partial charge in [-0.2, -0.15) is 0 Å². The Hall–Kier alpha value is -1.73. The van der Waals surface area contributed by atoms with Crippen LogP contribution in [0.3, 0.4) is 0 Å². The van der Waals surface area contributed by atoms with Crippen LogP contribution in [0.4, 0.5) is 5.82 Å². The fourth-order valence-corrected chi connectivity index (χ4v) is 1.05. The van der Waals surface area contributed by atoms with Gasteiger partial charge < -0.3 is 16.2 Å². The molecule has 0 aliphatic rings. The Morgan fingerprint density at radius 2 is 2.25 bits per heavy atom. The second-order valence-corrected chi connectivity index (χ2v) is 3.31. The predicted octanol–water partition coefficient (Wildman–Crippen LogP) is -0.130. The van der Waals surface area contributed by atoms with Gasteiger partial charge in [0.15, 0.2) is 0 Å². The molecule has 0 spiro atoms. The van der Waals surface area contributed by atoms with Crippen molar-refractivity contribution in [3.8, 4) is 0 Å². The van der Waals surface area contributed by atoms with Crippen LogP contribution in [-0.2, 0) is 9.59 Å². The first kappa shape index (κ1) is 12.3. The summed E-state index contributed by atoms with van der Waals surface area (Å²) in [5.74, 6) is -1.62. The molecular formula is C8H9ClN4O3. The third-order valence-corrected chi connectivity index (χ3v) is 1.82. The fourth-order valence-electron chi connectivity index (χ4n) is 0.902. The van der Waals surface area contributed by atoms with E-state index in [1.807, 2.05) is 0 Å². The smallest absolute Gasteiger partial charge is 0.305 e. The molecule has 1 amide bonds. The summed E-state index contributed by atoms with van der Waals surface area (Å²) in [6.45, 7) is 0. The Morgan fingerprint density at radius 3 is 2.81 bits per heavy atom. The van der Waals surface area contributed by atoms with Crippen LogP contribution in [0.5, 0.6) is 0 Å². The van der Waals surface area contributed by atoms with Gasteiger partial charge in [0, 0.05) is 6.07 Å². The first-order valence-corrected chi connectivity index (χ1v) is 4.62. The largest absolute Gasteiger partial charge is 0.481 e. The molecule has 0 aromatic carbocycles. The van der Waals surface area contributed by atoms with Gasteiger partial charge in [-0.1, -0.05) is 11.6 Å². The number of nitrogens with two attached hydrogens (primary N) is 1. The highest BCUT2D eigenvalue weighted by Gasteiger charge is 2.17. The van der Waals surface area contributed by atoms with Crippen LogP contribution in [-0.4, -0.2) is 33.0 Å². The van der Waals surface area contributed by atoms with Crippen molar-refractivity contribution in [2.45, 2.75) is 12.5 Å². The van der Waals surface area contributed by atoms with Gasteiger partial charge >= 0.3 is 5.97 Å². The van der Waals surface area contributed by atoms with E-state index in [9.17, 15) is 9.59 Å². The predicted molar refractivity (Wildman–Crippen MR) is 55.9 cm³/mol. The number of carboxylic acid groups (broad SMARTS) is 1. The Labute approximate surface area is 95.6 Å². The van der Waals surface area contributed by atoms with Crippen molar-refractivity contribution in [2.24, 2.45) is 5.73 Å². The van der Waals surface area contributed by atoms with E-state index in [-0.39, 0.29) is 11.0 Å². The maximum atomic E-state index is 11.4. The van der Waals surface area contributed by atoms with Crippen molar-refractivity contribution >= 4 is 29.3 Å². The lowest BCUT2D eigenvalue weighted by Crippen LogP contribution is -2.37. The topological polar surface area (TPSA) is 118 Å². The molecule has 16 heavy (non-hydrogen) atoms. The number of anilines is 1. The van der Waals surface area contributed by atoms with Gasteiger partial charge in [0.1, 0.15) is 17.3 Å². The van der Waals surface area contributed by atoms with E-state index in [0.29, 0.717) is 0 Å². The van der Waals surface area contributed by atoms with E-state index in [1.54, 1.807) is 0 Å². The molecule has 0 fully saturated rings. The number of aliphatic carboxylic acids is 1.